The lowest BCUT2D eigenvalue weighted by Gasteiger charge is -2.21. The van der Waals surface area contributed by atoms with E-state index in [1.165, 1.54) is 6.92 Å². The van der Waals surface area contributed by atoms with E-state index in [0.717, 1.165) is 10.5 Å². The van der Waals surface area contributed by atoms with Gasteiger partial charge < -0.3 is 14.8 Å². The molecule has 154 valence electrons. The summed E-state index contributed by atoms with van der Waals surface area (Å²) >= 11 is 0. The monoisotopic (exact) mass is 400 g/mol. The van der Waals surface area contributed by atoms with Crippen molar-refractivity contribution in [2.45, 2.75) is 32.4 Å². The molecule has 8 heteroatoms. The zero-order valence-corrected chi connectivity index (χ0v) is 16.4. The van der Waals surface area contributed by atoms with E-state index < -0.39 is 36.4 Å². The van der Waals surface area contributed by atoms with Crippen molar-refractivity contribution in [2.75, 3.05) is 13.7 Å². The van der Waals surface area contributed by atoms with E-state index in [-0.39, 0.29) is 18.4 Å². The van der Waals surface area contributed by atoms with Crippen molar-refractivity contribution in [3.05, 3.63) is 42.0 Å². The molecule has 1 fully saturated rings. The first-order valence-corrected chi connectivity index (χ1v) is 9.50. The predicted octanol–water partition coefficient (Wildman–Crippen LogP) is 1.19. The van der Waals surface area contributed by atoms with Gasteiger partial charge in [0.25, 0.3) is 5.91 Å². The van der Waals surface area contributed by atoms with Crippen molar-refractivity contribution in [1.82, 2.24) is 10.2 Å². The fourth-order valence-corrected chi connectivity index (χ4v) is 3.57. The summed E-state index contributed by atoms with van der Waals surface area (Å²) in [7, 11) is 1.57. The number of carbonyl (C=O) groups excluding carboxylic acids is 4. The molecule has 3 atom stereocenters. The first-order valence-electron chi connectivity index (χ1n) is 9.50. The number of methoxy groups -OCH3 is 1. The maximum atomic E-state index is 12.5. The zero-order chi connectivity index (χ0) is 21.0. The number of allylic oxidation sites excluding steroid dienone is 2. The number of ether oxygens (including phenoxy) is 2. The number of nitrogens with one attached hydrogen (secondary N) is 1. The first kappa shape index (κ1) is 20.6. The molecular weight excluding hydrogens is 376 g/mol. The number of nitrogens with zero attached hydrogens (tertiary/aromatic N) is 1. The van der Waals surface area contributed by atoms with Crippen LogP contribution in [-0.2, 0) is 30.5 Å². The van der Waals surface area contributed by atoms with E-state index in [1.807, 2.05) is 24.3 Å². The van der Waals surface area contributed by atoms with Gasteiger partial charge in [-0.1, -0.05) is 24.3 Å². The molecule has 1 aromatic rings. The number of esters is 1. The van der Waals surface area contributed by atoms with Gasteiger partial charge in [-0.3, -0.25) is 19.3 Å². The third-order valence-corrected chi connectivity index (χ3v) is 5.26. The molecule has 3 amide bonds. The Kier molecular flexibility index (Phi) is 6.31. The lowest BCUT2D eigenvalue weighted by atomic mass is 9.85. The van der Waals surface area contributed by atoms with Gasteiger partial charge in [0.15, 0.2) is 6.61 Å². The Balaban J connectivity index is 1.47. The van der Waals surface area contributed by atoms with Gasteiger partial charge in [-0.2, -0.15) is 0 Å². The molecule has 1 aliphatic heterocycles. The lowest BCUT2D eigenvalue weighted by molar-refractivity contribution is -0.159. The second-order valence-corrected chi connectivity index (χ2v) is 7.11. The molecule has 1 saturated heterocycles. The summed E-state index contributed by atoms with van der Waals surface area (Å²) in [6, 6.07) is 6.12. The standard InChI is InChI=1S/C21H24N2O6/c1-13(23-19(25)16-5-3-4-6-17(16)20(23)26)21(27)29-12-18(24)22-11-14-7-9-15(28-2)10-8-14/h3-4,7-10,13,16-17H,5-6,11-12H2,1-2H3,(H,22,24)/t13-,16-,17-/m0/s1. The van der Waals surface area contributed by atoms with Crippen LogP contribution >= 0.6 is 0 Å². The average molecular weight is 400 g/mol. The highest BCUT2D eigenvalue weighted by atomic mass is 16.5. The molecule has 0 radical (unpaired) electrons. The van der Waals surface area contributed by atoms with E-state index in [1.54, 1.807) is 19.2 Å². The van der Waals surface area contributed by atoms with Crippen LogP contribution < -0.4 is 10.1 Å². The fourth-order valence-electron chi connectivity index (χ4n) is 3.57. The van der Waals surface area contributed by atoms with Gasteiger partial charge in [-0.15, -0.1) is 0 Å². The number of carbonyl (C=O) groups is 4. The topological polar surface area (TPSA) is 102 Å². The Morgan fingerprint density at radius 3 is 2.24 bits per heavy atom. The predicted molar refractivity (Wildman–Crippen MR) is 102 cm³/mol. The molecule has 3 rings (SSSR count). The minimum atomic E-state index is -1.06. The molecule has 1 N–H and O–H groups in total. The summed E-state index contributed by atoms with van der Waals surface area (Å²) in [5.74, 6) is -2.05. The highest BCUT2D eigenvalue weighted by Gasteiger charge is 2.50. The molecule has 0 unspecified atom stereocenters. The Hall–Kier alpha value is -3.16. The summed E-state index contributed by atoms with van der Waals surface area (Å²) < 4.78 is 10.1. The highest BCUT2D eigenvalue weighted by molar-refractivity contribution is 6.08. The summed E-state index contributed by atoms with van der Waals surface area (Å²) in [5.41, 5.74) is 0.864. The Morgan fingerprint density at radius 1 is 1.10 bits per heavy atom. The van der Waals surface area contributed by atoms with Gasteiger partial charge in [0.05, 0.1) is 18.9 Å². The molecule has 0 aromatic heterocycles. The van der Waals surface area contributed by atoms with Gasteiger partial charge in [-0.25, -0.2) is 4.79 Å². The van der Waals surface area contributed by atoms with Crippen LogP contribution in [0.25, 0.3) is 0 Å². The highest BCUT2D eigenvalue weighted by Crippen LogP contribution is 2.36. The minimum absolute atomic E-state index is 0.273. The van der Waals surface area contributed by atoms with E-state index >= 15 is 0 Å². The van der Waals surface area contributed by atoms with Crippen molar-refractivity contribution in [3.63, 3.8) is 0 Å². The number of amides is 3. The number of fused-ring (bicyclic) bond motifs is 1. The van der Waals surface area contributed by atoms with Crippen LogP contribution in [0.5, 0.6) is 5.75 Å². The van der Waals surface area contributed by atoms with Crippen LogP contribution in [0.1, 0.15) is 25.3 Å². The van der Waals surface area contributed by atoms with Crippen LogP contribution in [-0.4, -0.2) is 48.3 Å². The third-order valence-electron chi connectivity index (χ3n) is 5.26. The molecule has 1 aromatic carbocycles. The zero-order valence-electron chi connectivity index (χ0n) is 16.4. The van der Waals surface area contributed by atoms with Crippen molar-refractivity contribution < 1.29 is 28.7 Å². The van der Waals surface area contributed by atoms with Crippen LogP contribution in [0.3, 0.4) is 0 Å². The molecule has 2 aliphatic rings. The number of benzene rings is 1. The van der Waals surface area contributed by atoms with Gasteiger partial charge in [0.2, 0.25) is 11.8 Å². The lowest BCUT2D eigenvalue weighted by Crippen LogP contribution is -2.45. The molecule has 8 nitrogen and oxygen atoms in total. The fraction of sp³-hybridized carbons (Fsp3) is 0.429. The number of imide groups is 1. The molecule has 1 heterocycles. The molecule has 1 aliphatic carbocycles. The Labute approximate surface area is 168 Å². The quantitative estimate of drug-likeness (QED) is 0.419. The van der Waals surface area contributed by atoms with Gasteiger partial charge >= 0.3 is 5.97 Å². The van der Waals surface area contributed by atoms with Gasteiger partial charge in [0, 0.05) is 6.54 Å². The van der Waals surface area contributed by atoms with E-state index in [2.05, 4.69) is 5.32 Å². The summed E-state index contributed by atoms with van der Waals surface area (Å²) in [6.45, 7) is 1.23. The normalized spacial score (nSPS) is 21.5. The van der Waals surface area contributed by atoms with Crippen LogP contribution in [0, 0.1) is 11.8 Å². The van der Waals surface area contributed by atoms with E-state index in [0.29, 0.717) is 18.6 Å². The smallest absolute Gasteiger partial charge is 0.329 e. The summed E-state index contributed by atoms with van der Waals surface area (Å²) in [4.78, 5) is 50.3. The van der Waals surface area contributed by atoms with Gasteiger partial charge in [0.1, 0.15) is 11.8 Å². The van der Waals surface area contributed by atoms with Gasteiger partial charge in [-0.05, 0) is 37.5 Å². The number of likely N-dealkylation sites (tertiary alicyclic amines) is 1. The Morgan fingerprint density at radius 2 is 1.69 bits per heavy atom. The third kappa shape index (κ3) is 4.47. The van der Waals surface area contributed by atoms with Crippen LogP contribution in [0.4, 0.5) is 0 Å². The number of rotatable bonds is 7. The van der Waals surface area contributed by atoms with Crippen molar-refractivity contribution in [2.24, 2.45) is 11.8 Å². The minimum Gasteiger partial charge on any atom is -0.497 e. The summed E-state index contributed by atoms with van der Waals surface area (Å²) in [6.07, 6.45) is 4.76. The van der Waals surface area contributed by atoms with E-state index in [4.69, 9.17) is 9.47 Å². The van der Waals surface area contributed by atoms with Crippen molar-refractivity contribution >= 4 is 23.7 Å². The van der Waals surface area contributed by atoms with E-state index in [9.17, 15) is 19.2 Å². The molecule has 0 saturated carbocycles. The second-order valence-electron chi connectivity index (χ2n) is 7.11. The number of hydrogen-bond acceptors (Lipinski definition) is 6. The average Bonchev–Trinajstić information content (AvgIpc) is 3.00. The van der Waals surface area contributed by atoms with Crippen LogP contribution in [0.15, 0.2) is 36.4 Å². The largest absolute Gasteiger partial charge is 0.497 e. The maximum Gasteiger partial charge on any atom is 0.329 e. The van der Waals surface area contributed by atoms with Crippen molar-refractivity contribution in [1.29, 1.82) is 0 Å². The molecule has 0 spiro atoms. The maximum absolute atomic E-state index is 12.5. The second kappa shape index (κ2) is 8.89. The molecule has 0 bridgehead atoms. The SMILES string of the molecule is COc1ccc(CNC(=O)COC(=O)[C@H](C)N2C(=O)[C@H]3CC=CC[C@@H]3C2=O)cc1. The van der Waals surface area contributed by atoms with Crippen LogP contribution in [0.2, 0.25) is 0 Å². The molecular formula is C21H24N2O6. The molecule has 29 heavy (non-hydrogen) atoms. The Bertz CT molecular complexity index is 806. The number of hydrogen-bond donors (Lipinski definition) is 1. The summed E-state index contributed by atoms with van der Waals surface area (Å²) in [5, 5.41) is 2.65. The van der Waals surface area contributed by atoms with Crippen molar-refractivity contribution in [3.8, 4) is 5.75 Å². The first-order chi connectivity index (χ1) is 13.9.